The van der Waals surface area contributed by atoms with Gasteiger partial charge in [0.2, 0.25) is 0 Å². The fourth-order valence-electron chi connectivity index (χ4n) is 1.23. The van der Waals surface area contributed by atoms with Gasteiger partial charge in [0, 0.05) is 11.8 Å². The lowest BCUT2D eigenvalue weighted by Crippen LogP contribution is -2.30. The van der Waals surface area contributed by atoms with Crippen LogP contribution in [-0.4, -0.2) is 25.0 Å². The third-order valence-electron chi connectivity index (χ3n) is 1.98. The van der Waals surface area contributed by atoms with Crippen LogP contribution < -0.4 is 5.32 Å². The minimum Gasteiger partial charge on any atom is -0.453 e. The first kappa shape index (κ1) is 11.9. The standard InChI is InChI=1S/C11H15NO2S/c1-14-11(13)12-8-10(15)7-9-5-3-2-4-6-9/h2-6,10,15H,7-8H2,1H3,(H,12,13)/t10-/m1/s1. The maximum atomic E-state index is 10.8. The van der Waals surface area contributed by atoms with Crippen LogP contribution in [0.15, 0.2) is 30.3 Å². The van der Waals surface area contributed by atoms with Gasteiger partial charge < -0.3 is 10.1 Å². The Bertz CT molecular complexity index is 303. The van der Waals surface area contributed by atoms with Crippen LogP contribution in [0.2, 0.25) is 0 Å². The van der Waals surface area contributed by atoms with Gasteiger partial charge in [-0.1, -0.05) is 30.3 Å². The lowest BCUT2D eigenvalue weighted by Gasteiger charge is -2.11. The molecule has 0 radical (unpaired) electrons. The fourth-order valence-corrected chi connectivity index (χ4v) is 1.53. The van der Waals surface area contributed by atoms with E-state index in [1.807, 2.05) is 30.3 Å². The number of alkyl carbamates (subject to hydrolysis) is 1. The van der Waals surface area contributed by atoms with Crippen molar-refractivity contribution < 1.29 is 9.53 Å². The van der Waals surface area contributed by atoms with E-state index in [4.69, 9.17) is 0 Å². The van der Waals surface area contributed by atoms with Crippen LogP contribution in [0.25, 0.3) is 0 Å². The number of benzene rings is 1. The van der Waals surface area contributed by atoms with Gasteiger partial charge in [-0.2, -0.15) is 12.6 Å². The van der Waals surface area contributed by atoms with E-state index in [1.165, 1.54) is 12.7 Å². The molecule has 0 bridgehead atoms. The van der Waals surface area contributed by atoms with E-state index >= 15 is 0 Å². The van der Waals surface area contributed by atoms with E-state index in [-0.39, 0.29) is 5.25 Å². The molecule has 15 heavy (non-hydrogen) atoms. The molecule has 1 aromatic carbocycles. The van der Waals surface area contributed by atoms with Crippen molar-refractivity contribution >= 4 is 18.7 Å². The summed E-state index contributed by atoms with van der Waals surface area (Å²) in [5.41, 5.74) is 1.21. The van der Waals surface area contributed by atoms with Crippen LogP contribution in [0.1, 0.15) is 5.56 Å². The summed E-state index contributed by atoms with van der Waals surface area (Å²) < 4.78 is 4.47. The number of nitrogens with one attached hydrogen (secondary N) is 1. The smallest absolute Gasteiger partial charge is 0.406 e. The SMILES string of the molecule is COC(=O)NC[C@H](S)Cc1ccccc1. The summed E-state index contributed by atoms with van der Waals surface area (Å²) >= 11 is 4.38. The molecule has 1 atom stereocenters. The number of hydrogen-bond donors (Lipinski definition) is 2. The minimum absolute atomic E-state index is 0.103. The number of thiol groups is 1. The highest BCUT2D eigenvalue weighted by molar-refractivity contribution is 7.81. The molecule has 82 valence electrons. The molecule has 0 aromatic heterocycles. The first-order valence-corrected chi connectivity index (χ1v) is 5.28. The Labute approximate surface area is 95.2 Å². The van der Waals surface area contributed by atoms with Crippen LogP contribution in [-0.2, 0) is 11.2 Å². The quantitative estimate of drug-likeness (QED) is 0.768. The van der Waals surface area contributed by atoms with E-state index < -0.39 is 6.09 Å². The number of methoxy groups -OCH3 is 1. The van der Waals surface area contributed by atoms with Gasteiger partial charge in [-0.25, -0.2) is 4.79 Å². The minimum atomic E-state index is -0.415. The first-order valence-electron chi connectivity index (χ1n) is 4.76. The summed E-state index contributed by atoms with van der Waals surface area (Å²) in [4.78, 5) is 10.8. The van der Waals surface area contributed by atoms with Crippen molar-refractivity contribution in [3.63, 3.8) is 0 Å². The van der Waals surface area contributed by atoms with E-state index in [2.05, 4.69) is 22.7 Å². The summed E-state index contributed by atoms with van der Waals surface area (Å²) in [5.74, 6) is 0. The predicted octanol–water partition coefficient (Wildman–Crippen LogP) is 1.88. The molecule has 0 aliphatic heterocycles. The average Bonchev–Trinajstić information content (AvgIpc) is 2.27. The van der Waals surface area contributed by atoms with Gasteiger partial charge in [-0.3, -0.25) is 0 Å². The molecule has 0 unspecified atom stereocenters. The van der Waals surface area contributed by atoms with Gasteiger partial charge in [0.25, 0.3) is 0 Å². The zero-order chi connectivity index (χ0) is 11.1. The number of ether oxygens (including phenoxy) is 1. The Morgan fingerprint density at radius 1 is 1.47 bits per heavy atom. The van der Waals surface area contributed by atoms with Crippen LogP contribution in [0, 0.1) is 0 Å². The third kappa shape index (κ3) is 4.74. The summed E-state index contributed by atoms with van der Waals surface area (Å²) in [6.45, 7) is 0.505. The molecule has 1 amide bonds. The first-order chi connectivity index (χ1) is 7.22. The maximum absolute atomic E-state index is 10.8. The highest BCUT2D eigenvalue weighted by Crippen LogP contribution is 2.06. The molecule has 4 heteroatoms. The molecule has 1 aromatic rings. The van der Waals surface area contributed by atoms with Crippen molar-refractivity contribution in [3.05, 3.63) is 35.9 Å². The van der Waals surface area contributed by atoms with Crippen LogP contribution in [0.5, 0.6) is 0 Å². The highest BCUT2D eigenvalue weighted by Gasteiger charge is 2.06. The Morgan fingerprint density at radius 2 is 2.13 bits per heavy atom. The molecular formula is C11H15NO2S. The van der Waals surface area contributed by atoms with Crippen molar-refractivity contribution in [1.29, 1.82) is 0 Å². The normalized spacial score (nSPS) is 11.9. The predicted molar refractivity (Wildman–Crippen MR) is 63.3 cm³/mol. The fraction of sp³-hybridized carbons (Fsp3) is 0.364. The Kier molecular flexibility index (Phi) is 5.04. The Morgan fingerprint density at radius 3 is 2.73 bits per heavy atom. The molecule has 1 N–H and O–H groups in total. The van der Waals surface area contributed by atoms with E-state index in [9.17, 15) is 4.79 Å². The third-order valence-corrected chi connectivity index (χ3v) is 2.35. The van der Waals surface area contributed by atoms with E-state index in [0.29, 0.717) is 6.54 Å². The zero-order valence-electron chi connectivity index (χ0n) is 8.64. The number of amides is 1. The molecule has 0 aliphatic rings. The van der Waals surface area contributed by atoms with Crippen molar-refractivity contribution in [3.8, 4) is 0 Å². The second kappa shape index (κ2) is 6.35. The van der Waals surface area contributed by atoms with Crippen molar-refractivity contribution in [2.75, 3.05) is 13.7 Å². The monoisotopic (exact) mass is 225 g/mol. The van der Waals surface area contributed by atoms with Crippen molar-refractivity contribution in [1.82, 2.24) is 5.32 Å². The highest BCUT2D eigenvalue weighted by atomic mass is 32.1. The lowest BCUT2D eigenvalue weighted by atomic mass is 10.1. The van der Waals surface area contributed by atoms with Crippen molar-refractivity contribution in [2.45, 2.75) is 11.7 Å². The summed E-state index contributed by atoms with van der Waals surface area (Å²) in [5, 5.41) is 2.72. The molecule has 0 heterocycles. The van der Waals surface area contributed by atoms with Gasteiger partial charge in [0.05, 0.1) is 7.11 Å². The summed E-state index contributed by atoms with van der Waals surface area (Å²) in [6, 6.07) is 10.0. The topological polar surface area (TPSA) is 38.3 Å². The Hall–Kier alpha value is -1.16. The second-order valence-electron chi connectivity index (χ2n) is 3.22. The zero-order valence-corrected chi connectivity index (χ0v) is 9.54. The number of carbonyl (C=O) groups excluding carboxylic acids is 1. The molecule has 0 saturated heterocycles. The maximum Gasteiger partial charge on any atom is 0.406 e. The van der Waals surface area contributed by atoms with Crippen LogP contribution in [0.3, 0.4) is 0 Å². The van der Waals surface area contributed by atoms with Crippen LogP contribution >= 0.6 is 12.6 Å². The van der Waals surface area contributed by atoms with Gasteiger partial charge >= 0.3 is 6.09 Å². The second-order valence-corrected chi connectivity index (χ2v) is 3.95. The molecular weight excluding hydrogens is 210 g/mol. The van der Waals surface area contributed by atoms with E-state index in [1.54, 1.807) is 0 Å². The molecule has 0 aliphatic carbocycles. The number of rotatable bonds is 4. The average molecular weight is 225 g/mol. The summed E-state index contributed by atoms with van der Waals surface area (Å²) in [7, 11) is 1.35. The Balaban J connectivity index is 2.30. The van der Waals surface area contributed by atoms with Gasteiger partial charge in [-0.05, 0) is 12.0 Å². The summed E-state index contributed by atoms with van der Waals surface area (Å²) in [6.07, 6.45) is 0.413. The molecule has 0 fully saturated rings. The number of carbonyl (C=O) groups is 1. The van der Waals surface area contributed by atoms with Gasteiger partial charge in [0.1, 0.15) is 0 Å². The molecule has 0 spiro atoms. The largest absolute Gasteiger partial charge is 0.453 e. The van der Waals surface area contributed by atoms with Crippen LogP contribution in [0.4, 0.5) is 4.79 Å². The molecule has 3 nitrogen and oxygen atoms in total. The van der Waals surface area contributed by atoms with Crippen molar-refractivity contribution in [2.24, 2.45) is 0 Å². The number of hydrogen-bond acceptors (Lipinski definition) is 3. The van der Waals surface area contributed by atoms with Gasteiger partial charge in [-0.15, -0.1) is 0 Å². The lowest BCUT2D eigenvalue weighted by molar-refractivity contribution is 0.171. The van der Waals surface area contributed by atoms with Gasteiger partial charge in [0.15, 0.2) is 0 Å². The molecule has 1 rings (SSSR count). The van der Waals surface area contributed by atoms with E-state index in [0.717, 1.165) is 6.42 Å². The molecule has 0 saturated carbocycles.